The maximum atomic E-state index is 12.5. The van der Waals surface area contributed by atoms with E-state index in [1.54, 1.807) is 18.0 Å². The van der Waals surface area contributed by atoms with Gasteiger partial charge in [0.1, 0.15) is 11.2 Å². The lowest BCUT2D eigenvalue weighted by Crippen LogP contribution is -2.11. The number of fused-ring (bicyclic) bond motifs is 1. The Labute approximate surface area is 153 Å². The van der Waals surface area contributed by atoms with E-state index in [1.165, 1.54) is 22.6 Å². The van der Waals surface area contributed by atoms with E-state index < -0.39 is 0 Å². The molecular weight excluding hydrogens is 350 g/mol. The van der Waals surface area contributed by atoms with Crippen molar-refractivity contribution in [1.29, 1.82) is 0 Å². The minimum Gasteiger partial charge on any atom is -0.322 e. The molecule has 0 radical (unpaired) electrons. The molecule has 2 aromatic heterocycles. The molecule has 0 fully saturated rings. The van der Waals surface area contributed by atoms with Crippen molar-refractivity contribution in [2.24, 2.45) is 0 Å². The van der Waals surface area contributed by atoms with Crippen LogP contribution in [-0.2, 0) is 0 Å². The molecule has 4 aromatic rings. The third-order valence-corrected chi connectivity index (χ3v) is 5.51. The molecule has 6 heteroatoms. The van der Waals surface area contributed by atoms with E-state index in [4.69, 9.17) is 0 Å². The second kappa shape index (κ2) is 7.04. The molecule has 1 amide bonds. The summed E-state index contributed by atoms with van der Waals surface area (Å²) < 4.78 is 0. The van der Waals surface area contributed by atoms with Gasteiger partial charge in [-0.2, -0.15) is 0 Å². The normalized spacial score (nSPS) is 10.7. The number of carbonyl (C=O) groups is 1. The Morgan fingerprint density at radius 2 is 1.76 bits per heavy atom. The summed E-state index contributed by atoms with van der Waals surface area (Å²) in [6.45, 7) is 0. The zero-order valence-corrected chi connectivity index (χ0v) is 14.7. The summed E-state index contributed by atoms with van der Waals surface area (Å²) >= 11 is 3.13. The average Bonchev–Trinajstić information content (AvgIpc) is 3.08. The molecule has 2 heterocycles. The summed E-state index contributed by atoms with van der Waals surface area (Å²) in [6, 6.07) is 18.0. The third-order valence-electron chi connectivity index (χ3n) is 3.59. The van der Waals surface area contributed by atoms with E-state index >= 15 is 0 Å². The molecule has 0 aliphatic rings. The molecule has 0 unspecified atom stereocenters. The first-order chi connectivity index (χ1) is 12.3. The topological polar surface area (TPSA) is 54.9 Å². The van der Waals surface area contributed by atoms with E-state index in [0.717, 1.165) is 20.8 Å². The van der Waals surface area contributed by atoms with E-state index in [9.17, 15) is 4.79 Å². The molecule has 4 nitrogen and oxygen atoms in total. The molecule has 122 valence electrons. The van der Waals surface area contributed by atoms with Crippen LogP contribution < -0.4 is 5.32 Å². The largest absolute Gasteiger partial charge is 0.322 e. The van der Waals surface area contributed by atoms with Crippen LogP contribution in [0, 0.1) is 0 Å². The molecule has 0 aliphatic heterocycles. The number of carbonyl (C=O) groups excluding carboxylic acids is 1. The van der Waals surface area contributed by atoms with Crippen LogP contribution in [0.2, 0.25) is 0 Å². The summed E-state index contributed by atoms with van der Waals surface area (Å²) in [5.74, 6) is -0.149. The zero-order chi connectivity index (χ0) is 17.1. The Hall–Kier alpha value is -2.70. The zero-order valence-electron chi connectivity index (χ0n) is 13.0. The van der Waals surface area contributed by atoms with Crippen LogP contribution in [0.25, 0.3) is 10.2 Å². The van der Waals surface area contributed by atoms with Gasteiger partial charge in [-0.15, -0.1) is 11.3 Å². The van der Waals surface area contributed by atoms with Crippen molar-refractivity contribution in [3.63, 3.8) is 0 Å². The highest BCUT2D eigenvalue weighted by Gasteiger charge is 2.13. The molecule has 2 aromatic carbocycles. The molecule has 0 saturated carbocycles. The fraction of sp³-hybridized carbons (Fsp3) is 0. The molecular formula is C19H13N3OS2. The van der Waals surface area contributed by atoms with E-state index in [2.05, 4.69) is 27.4 Å². The van der Waals surface area contributed by atoms with Crippen molar-refractivity contribution in [3.05, 3.63) is 78.1 Å². The number of aromatic nitrogens is 2. The first kappa shape index (κ1) is 15.8. The molecule has 0 atom stereocenters. The van der Waals surface area contributed by atoms with Crippen LogP contribution in [0.3, 0.4) is 0 Å². The van der Waals surface area contributed by atoms with Gasteiger partial charge in [0.2, 0.25) is 0 Å². The highest BCUT2D eigenvalue weighted by atomic mass is 32.2. The summed E-state index contributed by atoms with van der Waals surface area (Å²) in [5.41, 5.74) is 1.36. The second-order valence-corrected chi connectivity index (χ2v) is 7.29. The number of nitrogens with zero attached hydrogens (tertiary/aromatic N) is 2. The number of amides is 1. The summed E-state index contributed by atoms with van der Waals surface area (Å²) in [7, 11) is 0. The number of hydrogen-bond donors (Lipinski definition) is 1. The molecule has 25 heavy (non-hydrogen) atoms. The molecule has 0 bridgehead atoms. The number of anilines is 1. The number of nitrogens with one attached hydrogen (secondary N) is 1. The fourth-order valence-electron chi connectivity index (χ4n) is 2.38. The van der Waals surface area contributed by atoms with Crippen LogP contribution in [-0.4, -0.2) is 15.9 Å². The predicted octanol–water partition coefficient (Wildman–Crippen LogP) is 5.09. The fourth-order valence-corrected chi connectivity index (χ4v) is 4.08. The van der Waals surface area contributed by atoms with Crippen molar-refractivity contribution in [2.75, 3.05) is 5.32 Å². The Bertz CT molecular complexity index is 1010. The van der Waals surface area contributed by atoms with Crippen LogP contribution in [0.15, 0.2) is 82.3 Å². The molecule has 0 spiro atoms. The minimum absolute atomic E-state index is 0.149. The third kappa shape index (κ3) is 3.55. The van der Waals surface area contributed by atoms with Gasteiger partial charge in [-0.3, -0.25) is 4.79 Å². The number of benzene rings is 2. The van der Waals surface area contributed by atoms with E-state index in [1.807, 2.05) is 47.8 Å². The molecule has 0 aliphatic carbocycles. The minimum atomic E-state index is -0.149. The monoisotopic (exact) mass is 363 g/mol. The van der Waals surface area contributed by atoms with Gasteiger partial charge in [-0.1, -0.05) is 30.0 Å². The number of rotatable bonds is 4. The van der Waals surface area contributed by atoms with Gasteiger partial charge in [0.15, 0.2) is 0 Å². The van der Waals surface area contributed by atoms with Crippen LogP contribution in [0.4, 0.5) is 5.69 Å². The summed E-state index contributed by atoms with van der Waals surface area (Å²) in [5, 5.41) is 5.52. The van der Waals surface area contributed by atoms with Crippen LogP contribution in [0.1, 0.15) is 10.4 Å². The number of thiophene rings is 1. The van der Waals surface area contributed by atoms with Gasteiger partial charge in [-0.25, -0.2) is 9.97 Å². The van der Waals surface area contributed by atoms with Gasteiger partial charge in [-0.05, 0) is 36.4 Å². The quantitative estimate of drug-likeness (QED) is 0.548. The highest BCUT2D eigenvalue weighted by molar-refractivity contribution is 7.99. The SMILES string of the molecule is O=C(Nc1ccc(Sc2ccccc2)cc1)c1csc2ncncc12. The lowest BCUT2D eigenvalue weighted by atomic mass is 10.2. The van der Waals surface area contributed by atoms with Crippen molar-refractivity contribution < 1.29 is 4.79 Å². The average molecular weight is 363 g/mol. The van der Waals surface area contributed by atoms with Gasteiger partial charge >= 0.3 is 0 Å². The molecule has 0 saturated heterocycles. The molecule has 1 N–H and O–H groups in total. The van der Waals surface area contributed by atoms with Gasteiger partial charge < -0.3 is 5.32 Å². The lowest BCUT2D eigenvalue weighted by molar-refractivity contribution is 0.102. The van der Waals surface area contributed by atoms with Crippen molar-refractivity contribution in [1.82, 2.24) is 9.97 Å². The first-order valence-electron chi connectivity index (χ1n) is 7.61. The Morgan fingerprint density at radius 1 is 1.00 bits per heavy atom. The Morgan fingerprint density at radius 3 is 2.56 bits per heavy atom. The second-order valence-electron chi connectivity index (χ2n) is 5.28. The Kier molecular flexibility index (Phi) is 4.45. The predicted molar refractivity (Wildman–Crippen MR) is 102 cm³/mol. The van der Waals surface area contributed by atoms with Crippen molar-refractivity contribution in [2.45, 2.75) is 9.79 Å². The van der Waals surface area contributed by atoms with Gasteiger partial charge in [0, 0.05) is 32.4 Å². The van der Waals surface area contributed by atoms with Crippen molar-refractivity contribution in [3.8, 4) is 0 Å². The Balaban J connectivity index is 1.48. The maximum absolute atomic E-state index is 12.5. The van der Waals surface area contributed by atoms with Gasteiger partial charge in [0.05, 0.1) is 5.56 Å². The highest BCUT2D eigenvalue weighted by Crippen LogP contribution is 2.29. The van der Waals surface area contributed by atoms with Crippen LogP contribution >= 0.6 is 23.1 Å². The smallest absolute Gasteiger partial charge is 0.257 e. The van der Waals surface area contributed by atoms with E-state index in [0.29, 0.717) is 5.56 Å². The number of hydrogen-bond acceptors (Lipinski definition) is 5. The van der Waals surface area contributed by atoms with Gasteiger partial charge in [0.25, 0.3) is 5.91 Å². The standard InChI is InChI=1S/C19H13N3OS2/c23-18(17-11-24-19-16(17)10-20-12-21-19)22-13-6-8-15(9-7-13)25-14-4-2-1-3-5-14/h1-12H,(H,22,23). The van der Waals surface area contributed by atoms with Crippen LogP contribution in [0.5, 0.6) is 0 Å². The lowest BCUT2D eigenvalue weighted by Gasteiger charge is -2.06. The van der Waals surface area contributed by atoms with Crippen molar-refractivity contribution >= 4 is 44.9 Å². The van der Waals surface area contributed by atoms with E-state index in [-0.39, 0.29) is 5.91 Å². The summed E-state index contributed by atoms with van der Waals surface area (Å²) in [4.78, 5) is 23.8. The summed E-state index contributed by atoms with van der Waals surface area (Å²) in [6.07, 6.45) is 3.16. The molecule has 4 rings (SSSR count). The first-order valence-corrected chi connectivity index (χ1v) is 9.31. The maximum Gasteiger partial charge on any atom is 0.257 e.